The van der Waals surface area contributed by atoms with Gasteiger partial charge in [0, 0.05) is 24.5 Å². The number of aryl methyl sites for hydroxylation is 1. The minimum absolute atomic E-state index is 0.231. The third-order valence-corrected chi connectivity index (χ3v) is 2.65. The highest BCUT2D eigenvalue weighted by Gasteiger charge is 2.08. The minimum Gasteiger partial charge on any atom is -0.345 e. The van der Waals surface area contributed by atoms with Gasteiger partial charge in [-0.2, -0.15) is 0 Å². The van der Waals surface area contributed by atoms with Gasteiger partial charge in [0.15, 0.2) is 0 Å². The van der Waals surface area contributed by atoms with E-state index < -0.39 is 0 Å². The summed E-state index contributed by atoms with van der Waals surface area (Å²) in [4.78, 5) is 13.4. The van der Waals surface area contributed by atoms with E-state index in [1.54, 1.807) is 10.6 Å². The molecule has 2 rings (SSSR count). The second-order valence-electron chi connectivity index (χ2n) is 3.60. The van der Waals surface area contributed by atoms with Crippen molar-refractivity contribution in [1.29, 1.82) is 0 Å². The van der Waals surface area contributed by atoms with E-state index in [9.17, 15) is 9.18 Å². The van der Waals surface area contributed by atoms with E-state index in [0.717, 1.165) is 11.1 Å². The van der Waals surface area contributed by atoms with Crippen LogP contribution in [-0.4, -0.2) is 17.2 Å². The lowest BCUT2D eigenvalue weighted by molar-refractivity contribution is 0.562. The van der Waals surface area contributed by atoms with Gasteiger partial charge in [0.25, 0.3) is 0 Å². The number of rotatable bonds is 3. The fourth-order valence-electron chi connectivity index (χ4n) is 1.88. The van der Waals surface area contributed by atoms with E-state index >= 15 is 0 Å². The number of aromatic nitrogens is 1. The number of carbonyl (C=O) groups excluding carboxylic acids is 1. The predicted octanol–water partition coefficient (Wildman–Crippen LogP) is 2.20. The first-order valence-corrected chi connectivity index (χ1v) is 5.00. The van der Waals surface area contributed by atoms with Crippen LogP contribution in [0.2, 0.25) is 0 Å². The summed E-state index contributed by atoms with van der Waals surface area (Å²) in [7, 11) is 1.81. The average molecular weight is 220 g/mol. The number of isocyanates is 1. The molecule has 2 aromatic rings. The molecule has 1 aromatic heterocycles. The maximum absolute atomic E-state index is 13.5. The Balaban J connectivity index is 2.44. The van der Waals surface area contributed by atoms with Crippen LogP contribution in [0, 0.1) is 5.82 Å². The largest absolute Gasteiger partial charge is 0.345 e. The molecule has 0 radical (unpaired) electrons. The molecule has 0 fully saturated rings. The lowest BCUT2D eigenvalue weighted by Crippen LogP contribution is -1.99. The molecule has 0 spiro atoms. The Hall–Kier alpha value is -1.93. The number of fused-ring (bicyclic) bond motifs is 1. The molecule has 1 heterocycles. The van der Waals surface area contributed by atoms with Crippen molar-refractivity contribution < 1.29 is 9.18 Å². The number of hydrogen-bond donors (Lipinski definition) is 0. The van der Waals surface area contributed by atoms with Gasteiger partial charge in [-0.05, 0) is 12.1 Å². The van der Waals surface area contributed by atoms with Gasteiger partial charge in [-0.1, -0.05) is 12.1 Å². The van der Waals surface area contributed by atoms with Gasteiger partial charge in [0.05, 0.1) is 12.1 Å². The normalized spacial score (nSPS) is 10.4. The molecule has 0 saturated heterocycles. The third kappa shape index (κ3) is 1.75. The first-order chi connectivity index (χ1) is 7.74. The van der Waals surface area contributed by atoms with Crippen LogP contribution >= 0.6 is 0 Å². The molecule has 0 amide bonds. The molecule has 0 aliphatic heterocycles. The van der Waals surface area contributed by atoms with E-state index in [1.165, 1.54) is 12.1 Å². The number of hydrogen-bond acceptors (Lipinski definition) is 2. The van der Waals surface area contributed by atoms with Crippen LogP contribution in [0.1, 0.15) is 5.69 Å². The number of halogens is 1. The highest BCUT2D eigenvalue weighted by molar-refractivity contribution is 5.81. The molecular formula is C12H11FN2O. The van der Waals surface area contributed by atoms with Crippen LogP contribution in [0.5, 0.6) is 0 Å². The summed E-state index contributed by atoms with van der Waals surface area (Å²) in [6, 6.07) is 6.91. The molecule has 0 N–H and O–H groups in total. The molecule has 82 valence electrons. The highest BCUT2D eigenvalue weighted by Crippen LogP contribution is 2.21. The molecule has 0 unspecified atom stereocenters. The summed E-state index contributed by atoms with van der Waals surface area (Å²) in [5.41, 5.74) is 1.55. The van der Waals surface area contributed by atoms with Gasteiger partial charge in [0.1, 0.15) is 5.82 Å². The predicted molar refractivity (Wildman–Crippen MR) is 59.6 cm³/mol. The van der Waals surface area contributed by atoms with Crippen molar-refractivity contribution in [3.63, 3.8) is 0 Å². The Bertz CT molecular complexity index is 568. The molecule has 1 aromatic carbocycles. The molecule has 0 aliphatic rings. The van der Waals surface area contributed by atoms with Gasteiger partial charge >= 0.3 is 0 Å². The van der Waals surface area contributed by atoms with E-state index in [1.807, 2.05) is 19.2 Å². The van der Waals surface area contributed by atoms with Gasteiger partial charge in [0.2, 0.25) is 6.08 Å². The Morgan fingerprint density at radius 2 is 2.31 bits per heavy atom. The summed E-state index contributed by atoms with van der Waals surface area (Å²) in [5, 5.41) is 0.868. The van der Waals surface area contributed by atoms with E-state index in [2.05, 4.69) is 4.99 Å². The maximum Gasteiger partial charge on any atom is 0.234 e. The van der Waals surface area contributed by atoms with Crippen molar-refractivity contribution in [2.45, 2.75) is 6.42 Å². The van der Waals surface area contributed by atoms with Crippen molar-refractivity contribution in [2.75, 3.05) is 6.54 Å². The molecule has 4 heteroatoms. The van der Waals surface area contributed by atoms with Crippen molar-refractivity contribution in [3.05, 3.63) is 35.8 Å². The number of aliphatic imine (C=N–C) groups is 1. The summed E-state index contributed by atoms with van der Waals surface area (Å²) < 4.78 is 15.3. The Kier molecular flexibility index (Phi) is 2.84. The van der Waals surface area contributed by atoms with Crippen LogP contribution in [0.4, 0.5) is 4.39 Å². The summed E-state index contributed by atoms with van der Waals surface area (Å²) in [6.07, 6.45) is 2.11. The van der Waals surface area contributed by atoms with E-state index in [0.29, 0.717) is 18.5 Å². The van der Waals surface area contributed by atoms with E-state index in [4.69, 9.17) is 0 Å². The average Bonchev–Trinajstić information content (AvgIpc) is 2.58. The fraction of sp³-hybridized carbons (Fsp3) is 0.250. The Morgan fingerprint density at radius 1 is 1.50 bits per heavy atom. The third-order valence-electron chi connectivity index (χ3n) is 2.65. The quantitative estimate of drug-likeness (QED) is 0.576. The second-order valence-corrected chi connectivity index (χ2v) is 3.60. The maximum atomic E-state index is 13.5. The zero-order valence-electron chi connectivity index (χ0n) is 8.90. The Morgan fingerprint density at radius 3 is 3.00 bits per heavy atom. The smallest absolute Gasteiger partial charge is 0.234 e. The molecule has 0 atom stereocenters. The summed E-state index contributed by atoms with van der Waals surface area (Å²) >= 11 is 0. The van der Waals surface area contributed by atoms with Gasteiger partial charge in [-0.15, -0.1) is 0 Å². The van der Waals surface area contributed by atoms with Crippen molar-refractivity contribution in [1.82, 2.24) is 4.57 Å². The molecular weight excluding hydrogens is 209 g/mol. The van der Waals surface area contributed by atoms with Gasteiger partial charge in [-0.25, -0.2) is 14.2 Å². The molecule has 3 nitrogen and oxygen atoms in total. The molecule has 16 heavy (non-hydrogen) atoms. The lowest BCUT2D eigenvalue weighted by atomic mass is 10.2. The van der Waals surface area contributed by atoms with Crippen LogP contribution < -0.4 is 0 Å². The summed E-state index contributed by atoms with van der Waals surface area (Å²) in [6.45, 7) is 0.384. The van der Waals surface area contributed by atoms with E-state index in [-0.39, 0.29) is 5.82 Å². The lowest BCUT2D eigenvalue weighted by Gasteiger charge is -2.02. The standard InChI is InChI=1S/C12H11FN2O/c1-15-10(5-6-14-8-16)7-9-3-2-4-11(13)12(9)15/h2-4,7H,5-6H2,1H3/i8+2. The Labute approximate surface area is 92.2 Å². The van der Waals surface area contributed by atoms with Crippen molar-refractivity contribution in [2.24, 2.45) is 12.0 Å². The number of nitrogens with zero attached hydrogens (tertiary/aromatic N) is 2. The minimum atomic E-state index is -0.231. The topological polar surface area (TPSA) is 34.4 Å². The van der Waals surface area contributed by atoms with Crippen LogP contribution in [0.15, 0.2) is 29.3 Å². The van der Waals surface area contributed by atoms with Crippen LogP contribution in [0.3, 0.4) is 0 Å². The number of benzene rings is 1. The highest BCUT2D eigenvalue weighted by atomic mass is 19.1. The molecule has 0 bridgehead atoms. The SMILES string of the molecule is Cn1c(CCN=[14C]=O)cc2cccc(F)c21. The first kappa shape index (κ1) is 10.6. The fourth-order valence-corrected chi connectivity index (χ4v) is 1.88. The van der Waals surface area contributed by atoms with Crippen molar-refractivity contribution >= 4 is 17.0 Å². The zero-order chi connectivity index (χ0) is 11.5. The van der Waals surface area contributed by atoms with Crippen LogP contribution in [0.25, 0.3) is 10.9 Å². The second kappa shape index (κ2) is 4.29. The zero-order valence-corrected chi connectivity index (χ0v) is 8.90. The summed E-state index contributed by atoms with van der Waals surface area (Å²) in [5.74, 6) is -0.231. The van der Waals surface area contributed by atoms with Crippen molar-refractivity contribution in [3.8, 4) is 0 Å². The number of para-hydroxylation sites is 1. The first-order valence-electron chi connectivity index (χ1n) is 5.00. The molecule has 0 saturated carbocycles. The molecule has 0 aliphatic carbocycles. The monoisotopic (exact) mass is 220 g/mol. The van der Waals surface area contributed by atoms with Crippen LogP contribution in [-0.2, 0) is 18.3 Å². The van der Waals surface area contributed by atoms with Gasteiger partial charge < -0.3 is 4.57 Å². The van der Waals surface area contributed by atoms with Gasteiger partial charge in [-0.3, -0.25) is 0 Å².